The lowest BCUT2D eigenvalue weighted by molar-refractivity contribution is -0.245. The molecule has 0 unspecified atom stereocenters. The van der Waals surface area contributed by atoms with Crippen molar-refractivity contribution in [1.29, 1.82) is 0 Å². The van der Waals surface area contributed by atoms with Crippen LogP contribution in [0.15, 0.2) is 102 Å². The summed E-state index contributed by atoms with van der Waals surface area (Å²) in [6.45, 7) is -0.378. The zero-order valence-electron chi connectivity index (χ0n) is 28.5. The lowest BCUT2D eigenvalue weighted by Crippen LogP contribution is -2.31. The van der Waals surface area contributed by atoms with Crippen molar-refractivity contribution in [2.45, 2.75) is 43.2 Å². The number of aliphatic hydroxyl groups excluding tert-OH is 1. The van der Waals surface area contributed by atoms with E-state index in [-0.39, 0.29) is 31.1 Å². The number of phenols is 1. The Hall–Kier alpha value is -5.68. The van der Waals surface area contributed by atoms with E-state index in [4.69, 9.17) is 9.47 Å². The summed E-state index contributed by atoms with van der Waals surface area (Å²) in [5.41, 5.74) is 3.30. The number of benzene rings is 5. The molecular formula is C39H30F5N5O5S. The number of aliphatic hydroxyl groups is 1. The van der Waals surface area contributed by atoms with E-state index in [2.05, 4.69) is 20.8 Å². The van der Waals surface area contributed by atoms with Crippen LogP contribution in [-0.2, 0) is 22.6 Å². The number of nitrogens with one attached hydrogen (secondary N) is 1. The van der Waals surface area contributed by atoms with Crippen LogP contribution >= 0.6 is 11.8 Å². The van der Waals surface area contributed by atoms with Crippen LogP contribution in [0.2, 0.25) is 0 Å². The number of ether oxygens (including phenoxy) is 2. The van der Waals surface area contributed by atoms with Crippen LogP contribution in [-0.4, -0.2) is 48.2 Å². The lowest BCUT2D eigenvalue weighted by atomic mass is 9.97. The average molecular weight is 776 g/mol. The van der Waals surface area contributed by atoms with E-state index in [0.29, 0.717) is 45.3 Å². The molecule has 1 fully saturated rings. The number of carbonyl (C=O) groups is 1. The minimum absolute atomic E-state index is 0.0975. The smallest absolute Gasteiger partial charge is 0.257 e. The number of tetrazole rings is 1. The summed E-state index contributed by atoms with van der Waals surface area (Å²) in [6.07, 6.45) is -0.977. The molecule has 0 bridgehead atoms. The molecule has 3 atom stereocenters. The van der Waals surface area contributed by atoms with E-state index in [1.165, 1.54) is 11.8 Å². The molecule has 5 aromatic carbocycles. The van der Waals surface area contributed by atoms with Gasteiger partial charge in [-0.05, 0) is 62.5 Å². The fourth-order valence-electron chi connectivity index (χ4n) is 6.06. The molecule has 1 aromatic heterocycles. The maximum atomic E-state index is 14.3. The molecule has 0 radical (unpaired) electrons. The lowest BCUT2D eigenvalue weighted by Gasteiger charge is -2.36. The van der Waals surface area contributed by atoms with Crippen molar-refractivity contribution in [2.75, 3.05) is 5.75 Å². The summed E-state index contributed by atoms with van der Waals surface area (Å²) >= 11 is 1.40. The summed E-state index contributed by atoms with van der Waals surface area (Å²) in [6, 6.07) is 28.0. The van der Waals surface area contributed by atoms with Gasteiger partial charge >= 0.3 is 0 Å². The van der Waals surface area contributed by atoms with Crippen molar-refractivity contribution in [1.82, 2.24) is 25.5 Å². The molecule has 6 aromatic rings. The van der Waals surface area contributed by atoms with Crippen molar-refractivity contribution in [3.8, 4) is 22.6 Å². The third-order valence-corrected chi connectivity index (χ3v) is 9.99. The van der Waals surface area contributed by atoms with E-state index >= 15 is 0 Å². The number of nitrogens with zero attached hydrogens (tertiary/aromatic N) is 4. The van der Waals surface area contributed by atoms with Crippen LogP contribution in [0.5, 0.6) is 5.75 Å². The fourth-order valence-corrected chi connectivity index (χ4v) is 6.97. The normalized spacial score (nSPS) is 16.9. The Morgan fingerprint density at radius 3 is 2.16 bits per heavy atom. The van der Waals surface area contributed by atoms with Crippen LogP contribution in [0.1, 0.15) is 51.4 Å². The van der Waals surface area contributed by atoms with E-state index in [9.17, 15) is 37.0 Å². The Balaban J connectivity index is 1.09. The van der Waals surface area contributed by atoms with Crippen LogP contribution in [0.25, 0.3) is 16.8 Å². The van der Waals surface area contributed by atoms with Crippen molar-refractivity contribution in [3.05, 3.63) is 154 Å². The Bertz CT molecular complexity index is 2280. The average Bonchev–Trinajstić information content (AvgIpc) is 3.70. The topological polar surface area (TPSA) is 132 Å². The van der Waals surface area contributed by atoms with E-state index in [0.717, 1.165) is 11.1 Å². The second-order valence-corrected chi connectivity index (χ2v) is 13.4. The van der Waals surface area contributed by atoms with Gasteiger partial charge in [-0.1, -0.05) is 84.6 Å². The standard InChI is InChI=1S/C39H30F5N5O5S/c40-32-31(33(41)35(43)36(44)34(32)42)37(52)45-18-25-3-1-2-4-29(25)22-9-11-24(12-10-22)38-53-28(17-30(54-38)23-7-5-21(19-50)6-8-23)20-55-39-46-47-48-49(39)26-13-15-27(51)16-14-26/h1-16,28,30,38,50-51H,17-20H2,(H,45,52)/t28-,30+,38+/m0/s1. The number of hydrogen-bond donors (Lipinski definition) is 3. The molecule has 1 amide bonds. The highest BCUT2D eigenvalue weighted by atomic mass is 32.2. The fraction of sp³-hybridized carbons (Fsp3) is 0.179. The number of phenolic OH excluding ortho intramolecular Hbond substituents is 1. The van der Waals surface area contributed by atoms with Crippen molar-refractivity contribution in [2.24, 2.45) is 0 Å². The Morgan fingerprint density at radius 1 is 0.818 bits per heavy atom. The monoisotopic (exact) mass is 775 g/mol. The molecule has 7 rings (SSSR count). The maximum absolute atomic E-state index is 14.3. The number of hydrogen-bond acceptors (Lipinski definition) is 9. The van der Waals surface area contributed by atoms with Crippen molar-refractivity contribution in [3.63, 3.8) is 0 Å². The third kappa shape index (κ3) is 8.07. The van der Waals surface area contributed by atoms with Gasteiger partial charge < -0.3 is 25.0 Å². The number of carbonyl (C=O) groups excluding carboxylic acids is 1. The minimum Gasteiger partial charge on any atom is -0.508 e. The highest BCUT2D eigenvalue weighted by molar-refractivity contribution is 7.99. The molecule has 1 saturated heterocycles. The van der Waals surface area contributed by atoms with E-state index in [1.807, 2.05) is 48.5 Å². The first kappa shape index (κ1) is 37.6. The SMILES string of the molecule is O=C(NCc1ccccc1-c1ccc([C@@H]2O[C@H](CSc3nnnn3-c3ccc(O)cc3)C[C@H](c3ccc(CO)cc3)O2)cc1)c1c(F)c(F)c(F)c(F)c1F. The van der Waals surface area contributed by atoms with Crippen LogP contribution in [0, 0.1) is 29.1 Å². The van der Waals surface area contributed by atoms with Crippen LogP contribution in [0.4, 0.5) is 22.0 Å². The molecular weight excluding hydrogens is 746 g/mol. The van der Waals surface area contributed by atoms with Gasteiger partial charge in [0, 0.05) is 24.3 Å². The van der Waals surface area contributed by atoms with Gasteiger partial charge in [0.2, 0.25) is 11.0 Å². The van der Waals surface area contributed by atoms with Gasteiger partial charge in [0.15, 0.2) is 29.6 Å². The summed E-state index contributed by atoms with van der Waals surface area (Å²) in [4.78, 5) is 12.6. The van der Waals surface area contributed by atoms with Gasteiger partial charge in [0.1, 0.15) is 11.3 Å². The molecule has 3 N–H and O–H groups in total. The summed E-state index contributed by atoms with van der Waals surface area (Å²) in [7, 11) is 0. The zero-order chi connectivity index (χ0) is 38.6. The van der Waals surface area contributed by atoms with Gasteiger partial charge in [-0.3, -0.25) is 4.79 Å². The summed E-state index contributed by atoms with van der Waals surface area (Å²) < 4.78 is 84.0. The third-order valence-electron chi connectivity index (χ3n) is 8.94. The van der Waals surface area contributed by atoms with Crippen LogP contribution < -0.4 is 5.32 Å². The highest BCUT2D eigenvalue weighted by Gasteiger charge is 2.33. The van der Waals surface area contributed by atoms with Gasteiger partial charge in [-0.15, -0.1) is 5.10 Å². The second-order valence-electron chi connectivity index (χ2n) is 12.5. The predicted octanol–water partition coefficient (Wildman–Crippen LogP) is 7.49. The van der Waals surface area contributed by atoms with Crippen molar-refractivity contribution < 1.29 is 46.4 Å². The number of halogens is 5. The highest BCUT2D eigenvalue weighted by Crippen LogP contribution is 2.40. The molecule has 10 nitrogen and oxygen atoms in total. The first-order valence-corrected chi connectivity index (χ1v) is 17.8. The molecule has 55 heavy (non-hydrogen) atoms. The molecule has 0 saturated carbocycles. The minimum atomic E-state index is -2.35. The Kier molecular flexibility index (Phi) is 11.2. The molecule has 282 valence electrons. The molecule has 1 aliphatic rings. The molecule has 2 heterocycles. The quantitative estimate of drug-likeness (QED) is 0.0531. The van der Waals surface area contributed by atoms with Crippen molar-refractivity contribution >= 4 is 17.7 Å². The van der Waals surface area contributed by atoms with Crippen LogP contribution in [0.3, 0.4) is 0 Å². The first-order valence-electron chi connectivity index (χ1n) is 16.8. The van der Waals surface area contributed by atoms with Gasteiger partial charge in [0.25, 0.3) is 5.91 Å². The van der Waals surface area contributed by atoms with Gasteiger partial charge in [0.05, 0.1) is 24.5 Å². The van der Waals surface area contributed by atoms with E-state index in [1.54, 1.807) is 53.2 Å². The molecule has 1 aliphatic heterocycles. The Morgan fingerprint density at radius 2 is 1.47 bits per heavy atom. The number of thioether (sulfide) groups is 1. The summed E-state index contributed by atoms with van der Waals surface area (Å²) in [5, 5.41) is 34.1. The zero-order valence-corrected chi connectivity index (χ0v) is 29.3. The molecule has 16 heteroatoms. The number of rotatable bonds is 11. The molecule has 0 aliphatic carbocycles. The predicted molar refractivity (Wildman–Crippen MR) is 189 cm³/mol. The number of aromatic hydroxyl groups is 1. The van der Waals surface area contributed by atoms with Gasteiger partial charge in [-0.2, -0.15) is 4.68 Å². The van der Waals surface area contributed by atoms with E-state index < -0.39 is 46.8 Å². The number of amides is 1. The second kappa shape index (κ2) is 16.4. The Labute approximate surface area is 314 Å². The largest absolute Gasteiger partial charge is 0.508 e. The number of aromatic nitrogens is 4. The first-order chi connectivity index (χ1) is 26.6. The maximum Gasteiger partial charge on any atom is 0.257 e. The summed E-state index contributed by atoms with van der Waals surface area (Å²) in [5.74, 6) is -12.1. The van der Waals surface area contributed by atoms with Gasteiger partial charge in [-0.25, -0.2) is 22.0 Å². The molecule has 0 spiro atoms.